The number of hydrazine groups is 1. The Balaban J connectivity index is 1.69. The van der Waals surface area contributed by atoms with E-state index >= 15 is 0 Å². The fourth-order valence-electron chi connectivity index (χ4n) is 5.99. The molecule has 1 aromatic rings. The number of amides is 1. The highest BCUT2D eigenvalue weighted by Gasteiger charge is 2.52. The van der Waals surface area contributed by atoms with Gasteiger partial charge in [0, 0.05) is 13.1 Å². The maximum atomic E-state index is 14.1. The van der Waals surface area contributed by atoms with Crippen molar-refractivity contribution in [3.63, 3.8) is 0 Å². The third-order valence-corrected chi connectivity index (χ3v) is 8.08. The van der Waals surface area contributed by atoms with Gasteiger partial charge in [0.05, 0.1) is 11.5 Å². The van der Waals surface area contributed by atoms with Crippen molar-refractivity contribution >= 4 is 16.8 Å². The summed E-state index contributed by atoms with van der Waals surface area (Å²) in [5, 5.41) is 3.41. The Morgan fingerprint density at radius 2 is 1.77 bits per heavy atom. The average molecular weight is 449 g/mol. The Labute approximate surface area is 187 Å². The van der Waals surface area contributed by atoms with Crippen molar-refractivity contribution in [2.45, 2.75) is 63.8 Å². The molecule has 1 aliphatic carbocycles. The number of benzene rings is 1. The van der Waals surface area contributed by atoms with Crippen LogP contribution in [0.4, 0.5) is 0 Å². The summed E-state index contributed by atoms with van der Waals surface area (Å²) in [6, 6.07) is 8.63. The van der Waals surface area contributed by atoms with E-state index in [1.807, 2.05) is 0 Å². The lowest BCUT2D eigenvalue weighted by molar-refractivity contribution is -0.145. The van der Waals surface area contributed by atoms with Gasteiger partial charge in [-0.25, -0.2) is 13.8 Å². The predicted octanol–water partition coefficient (Wildman–Crippen LogP) is 2.03. The molecule has 4 rings (SSSR count). The Hall–Kier alpha value is -1.48. The number of hydrogen-bond donors (Lipinski definition) is 4. The number of rotatable bonds is 6. The molecule has 1 saturated carbocycles. The van der Waals surface area contributed by atoms with Crippen LogP contribution in [0.2, 0.25) is 0 Å². The zero-order chi connectivity index (χ0) is 22.1. The molecule has 1 unspecified atom stereocenters. The monoisotopic (exact) mass is 448 g/mol. The normalized spacial score (nSPS) is 25.7. The van der Waals surface area contributed by atoms with Gasteiger partial charge < -0.3 is 10.2 Å². The van der Waals surface area contributed by atoms with Crippen LogP contribution in [0.5, 0.6) is 0 Å². The minimum atomic E-state index is -2.71. The lowest BCUT2D eigenvalue weighted by Crippen LogP contribution is -2.59. The van der Waals surface area contributed by atoms with Crippen LogP contribution >= 0.6 is 0 Å². The summed E-state index contributed by atoms with van der Waals surface area (Å²) in [7, 11) is -2.71. The molecule has 2 heterocycles. The molecule has 2 aliphatic heterocycles. The van der Waals surface area contributed by atoms with Crippen molar-refractivity contribution in [3.8, 4) is 0 Å². The second-order valence-electron chi connectivity index (χ2n) is 10.2. The van der Waals surface area contributed by atoms with Crippen molar-refractivity contribution in [2.75, 3.05) is 26.2 Å². The first kappa shape index (κ1) is 22.7. The molecule has 8 heteroatoms. The Bertz CT molecular complexity index is 861. The quantitative estimate of drug-likeness (QED) is 0.304. The van der Waals surface area contributed by atoms with Gasteiger partial charge in [0.2, 0.25) is 16.8 Å². The van der Waals surface area contributed by atoms with Crippen molar-refractivity contribution in [1.82, 2.24) is 20.5 Å². The van der Waals surface area contributed by atoms with Gasteiger partial charge in [-0.15, -0.1) is 0 Å². The maximum absolute atomic E-state index is 14.1. The van der Waals surface area contributed by atoms with Gasteiger partial charge in [0.1, 0.15) is 0 Å². The predicted molar refractivity (Wildman–Crippen MR) is 122 cm³/mol. The molecule has 3 N–H and O–H groups in total. The van der Waals surface area contributed by atoms with Gasteiger partial charge in [-0.05, 0) is 74.1 Å². The fraction of sp³-hybridized carbons (Fsp3) is 0.696. The number of thiol groups is 1. The van der Waals surface area contributed by atoms with Crippen LogP contribution in [0.15, 0.2) is 24.3 Å². The number of fused-ring (bicyclic) bond motifs is 2. The maximum Gasteiger partial charge on any atom is 0.233 e. The summed E-state index contributed by atoms with van der Waals surface area (Å²) in [4.78, 5) is 18.4. The molecular formula is C23H36N4O3S. The molecule has 0 bridgehead atoms. The summed E-state index contributed by atoms with van der Waals surface area (Å²) < 4.78 is 21.7. The lowest BCUT2D eigenvalue weighted by atomic mass is 9.63. The number of hydrogen-bond acceptors (Lipinski definition) is 5. The van der Waals surface area contributed by atoms with Crippen LogP contribution in [0.3, 0.4) is 0 Å². The first-order valence-electron chi connectivity index (χ1n) is 11.6. The van der Waals surface area contributed by atoms with E-state index in [1.165, 1.54) is 24.0 Å². The van der Waals surface area contributed by atoms with E-state index in [2.05, 4.69) is 58.6 Å². The van der Waals surface area contributed by atoms with Gasteiger partial charge in [-0.2, -0.15) is 4.83 Å². The van der Waals surface area contributed by atoms with Crippen molar-refractivity contribution in [3.05, 3.63) is 35.4 Å². The van der Waals surface area contributed by atoms with E-state index < -0.39 is 16.3 Å². The van der Waals surface area contributed by atoms with Crippen LogP contribution in [0.1, 0.15) is 69.5 Å². The second-order valence-corrected chi connectivity index (χ2v) is 10.9. The lowest BCUT2D eigenvalue weighted by Gasteiger charge is -2.52. The molecule has 172 valence electrons. The smallest absolute Gasteiger partial charge is 0.233 e. The van der Waals surface area contributed by atoms with E-state index in [0.717, 1.165) is 38.8 Å². The molecule has 31 heavy (non-hydrogen) atoms. The second kappa shape index (κ2) is 9.17. The number of nitrogens with zero attached hydrogens (tertiary/aromatic N) is 1. The third-order valence-electron chi connectivity index (χ3n) is 7.74. The Morgan fingerprint density at radius 3 is 2.45 bits per heavy atom. The van der Waals surface area contributed by atoms with E-state index in [-0.39, 0.29) is 11.9 Å². The van der Waals surface area contributed by atoms with Gasteiger partial charge in [0.15, 0.2) is 0 Å². The molecule has 1 saturated heterocycles. The standard InChI is InChI=1S/C23H36N4O3S/c1-22(2)9-7-17(8-10-22)20-18-5-3-4-6-19(18)23(11-13-24-14-12-23)21(28)27(20)16-15-25-26-31(29)30/h3-6,17,20,24-25,31H,7-16H2,1-2H3,(H,26,29,30). The summed E-state index contributed by atoms with van der Waals surface area (Å²) in [5.74, 6) is 0.650. The van der Waals surface area contributed by atoms with Gasteiger partial charge >= 0.3 is 0 Å². The molecule has 1 amide bonds. The highest BCUT2D eigenvalue weighted by atomic mass is 32.2. The number of carbonyl (C=O) groups is 1. The summed E-state index contributed by atoms with van der Waals surface area (Å²) in [5.41, 5.74) is 5.17. The van der Waals surface area contributed by atoms with E-state index in [1.54, 1.807) is 0 Å². The van der Waals surface area contributed by atoms with Crippen LogP contribution < -0.4 is 15.6 Å². The highest BCUT2D eigenvalue weighted by molar-refractivity contribution is 7.70. The third kappa shape index (κ3) is 4.53. The topological polar surface area (TPSA) is 90.5 Å². The highest BCUT2D eigenvalue weighted by Crippen LogP contribution is 2.51. The molecule has 2 fully saturated rings. The molecular weight excluding hydrogens is 412 g/mol. The van der Waals surface area contributed by atoms with Crippen LogP contribution in [0.25, 0.3) is 0 Å². The Morgan fingerprint density at radius 1 is 1.10 bits per heavy atom. The molecule has 7 nitrogen and oxygen atoms in total. The molecule has 1 atom stereocenters. The molecule has 0 radical (unpaired) electrons. The van der Waals surface area contributed by atoms with Crippen LogP contribution in [-0.2, 0) is 21.1 Å². The number of piperidine rings is 1. The fourth-order valence-corrected chi connectivity index (χ4v) is 6.24. The van der Waals surface area contributed by atoms with Crippen LogP contribution in [0, 0.1) is 11.3 Å². The SMILES string of the molecule is CC1(C)CCC(C2c3ccccc3C3(CCNCC3)C(=O)N2CCNN[SH](=O)=O)CC1. The molecule has 0 aromatic heterocycles. The zero-order valence-corrected chi connectivity index (χ0v) is 19.5. The van der Waals surface area contributed by atoms with Gasteiger partial charge in [-0.3, -0.25) is 4.79 Å². The minimum Gasteiger partial charge on any atom is -0.333 e. The molecule has 1 spiro atoms. The number of carbonyl (C=O) groups excluding carboxylic acids is 1. The van der Waals surface area contributed by atoms with E-state index in [4.69, 9.17) is 0 Å². The van der Waals surface area contributed by atoms with Crippen molar-refractivity contribution < 1.29 is 13.2 Å². The first-order valence-corrected chi connectivity index (χ1v) is 12.8. The van der Waals surface area contributed by atoms with Crippen molar-refractivity contribution in [2.24, 2.45) is 11.3 Å². The Kier molecular flexibility index (Phi) is 6.72. The zero-order valence-electron chi connectivity index (χ0n) is 18.7. The summed E-state index contributed by atoms with van der Waals surface area (Å²) >= 11 is 0. The van der Waals surface area contributed by atoms with Crippen molar-refractivity contribution in [1.29, 1.82) is 0 Å². The first-order chi connectivity index (χ1) is 14.8. The largest absolute Gasteiger partial charge is 0.333 e. The summed E-state index contributed by atoms with van der Waals surface area (Å²) in [6.07, 6.45) is 6.18. The minimum absolute atomic E-state index is 0.0584. The molecule has 1 aromatic carbocycles. The van der Waals surface area contributed by atoms with Gasteiger partial charge in [-0.1, -0.05) is 38.1 Å². The molecule has 3 aliphatic rings. The van der Waals surface area contributed by atoms with Gasteiger partial charge in [0.25, 0.3) is 0 Å². The summed E-state index contributed by atoms with van der Waals surface area (Å²) in [6.45, 7) is 7.23. The van der Waals surface area contributed by atoms with E-state index in [9.17, 15) is 13.2 Å². The average Bonchev–Trinajstić information content (AvgIpc) is 2.76. The van der Waals surface area contributed by atoms with Crippen LogP contribution in [-0.4, -0.2) is 45.4 Å². The number of nitrogens with one attached hydrogen (secondary N) is 3. The van der Waals surface area contributed by atoms with E-state index in [0.29, 0.717) is 24.4 Å².